The van der Waals surface area contributed by atoms with Crippen molar-refractivity contribution in [2.45, 2.75) is 26.0 Å². The second kappa shape index (κ2) is 12.4. The first-order valence-electron chi connectivity index (χ1n) is 13.6. The lowest BCUT2D eigenvalue weighted by molar-refractivity contribution is -0.140. The molecule has 1 amide bonds. The van der Waals surface area contributed by atoms with Gasteiger partial charge < -0.3 is 24.6 Å². The monoisotopic (exact) mass is 542 g/mol. The fourth-order valence-corrected chi connectivity index (χ4v) is 5.24. The molecule has 2 heterocycles. The number of aryl methyl sites for hydroxylation is 1. The maximum absolute atomic E-state index is 13.3. The van der Waals surface area contributed by atoms with Crippen molar-refractivity contribution in [1.82, 2.24) is 9.80 Å². The summed E-state index contributed by atoms with van der Waals surface area (Å²) in [7, 11) is 0. The lowest BCUT2D eigenvalue weighted by atomic mass is 9.95. The number of likely N-dealkylation sites (tertiary alicyclic amines) is 1. The molecule has 0 bridgehead atoms. The van der Waals surface area contributed by atoms with E-state index in [4.69, 9.17) is 9.47 Å². The molecule has 8 heteroatoms. The Balaban J connectivity index is 1.38. The summed E-state index contributed by atoms with van der Waals surface area (Å²) in [5.41, 5.74) is 3.30. The van der Waals surface area contributed by atoms with Crippen molar-refractivity contribution in [3.63, 3.8) is 0 Å². The summed E-state index contributed by atoms with van der Waals surface area (Å²) >= 11 is 0. The minimum absolute atomic E-state index is 0.0375. The predicted octanol–water partition coefficient (Wildman–Crippen LogP) is 4.42. The van der Waals surface area contributed by atoms with Gasteiger partial charge in [-0.15, -0.1) is 0 Å². The Labute approximate surface area is 234 Å². The molecular weight excluding hydrogens is 508 g/mol. The van der Waals surface area contributed by atoms with Gasteiger partial charge in [0.2, 0.25) is 0 Å². The minimum atomic E-state index is -0.762. The number of carbonyl (C=O) groups excluding carboxylic acids is 2. The number of Topliss-reactive ketones (excluding diaryl/α,β-unsaturated/α-hetero) is 1. The molecular formula is C32H34N2O6. The summed E-state index contributed by atoms with van der Waals surface area (Å²) in [4.78, 5) is 30.3. The fourth-order valence-electron chi connectivity index (χ4n) is 5.24. The van der Waals surface area contributed by atoms with Crippen molar-refractivity contribution >= 4 is 17.4 Å². The highest BCUT2D eigenvalue weighted by molar-refractivity contribution is 6.46. The number of aliphatic hydroxyl groups excluding tert-OH is 1. The number of carbonyl (C=O) groups is 2. The van der Waals surface area contributed by atoms with Gasteiger partial charge in [0.05, 0.1) is 24.8 Å². The highest BCUT2D eigenvalue weighted by Crippen LogP contribution is 2.40. The van der Waals surface area contributed by atoms with Crippen LogP contribution in [0.5, 0.6) is 11.5 Å². The number of phenolic OH excluding ortho intramolecular Hbond substituents is 1. The Hall–Kier alpha value is -4.14. The molecule has 2 aliphatic rings. The summed E-state index contributed by atoms with van der Waals surface area (Å²) in [5, 5.41) is 21.2. The lowest BCUT2D eigenvalue weighted by Gasteiger charge is -2.29. The van der Waals surface area contributed by atoms with Gasteiger partial charge in [0.1, 0.15) is 23.9 Å². The number of morpholine rings is 1. The Morgan fingerprint density at radius 1 is 0.975 bits per heavy atom. The first-order chi connectivity index (χ1) is 19.4. The van der Waals surface area contributed by atoms with E-state index in [0.29, 0.717) is 49.7 Å². The van der Waals surface area contributed by atoms with E-state index in [9.17, 15) is 19.8 Å². The van der Waals surface area contributed by atoms with Gasteiger partial charge in [-0.3, -0.25) is 14.5 Å². The number of aliphatic hydroxyl groups is 1. The van der Waals surface area contributed by atoms with Gasteiger partial charge in [0, 0.05) is 31.7 Å². The lowest BCUT2D eigenvalue weighted by Crippen LogP contribution is -2.38. The van der Waals surface area contributed by atoms with Crippen LogP contribution in [-0.2, 0) is 20.9 Å². The van der Waals surface area contributed by atoms with E-state index in [1.807, 2.05) is 25.1 Å². The summed E-state index contributed by atoms with van der Waals surface area (Å²) < 4.78 is 11.3. The van der Waals surface area contributed by atoms with Gasteiger partial charge in [-0.2, -0.15) is 0 Å². The summed E-state index contributed by atoms with van der Waals surface area (Å²) in [5.74, 6) is -0.898. The van der Waals surface area contributed by atoms with Crippen molar-refractivity contribution < 1.29 is 29.3 Å². The number of aromatic hydroxyl groups is 1. The SMILES string of the molecule is Cc1cccc(COc2ccc(/C(O)=C3/C(=O)C(=O)N(CCCN4CCOCC4)C3c3ccc(O)cc3)cc2)c1. The first kappa shape index (κ1) is 27.4. The topological polar surface area (TPSA) is 99.5 Å². The largest absolute Gasteiger partial charge is 0.508 e. The number of hydrogen-bond donors (Lipinski definition) is 2. The van der Waals surface area contributed by atoms with Crippen LogP contribution in [0.4, 0.5) is 0 Å². The number of rotatable bonds is 9. The molecule has 0 aromatic heterocycles. The molecule has 2 saturated heterocycles. The number of ketones is 1. The highest BCUT2D eigenvalue weighted by Gasteiger charge is 2.45. The predicted molar refractivity (Wildman–Crippen MR) is 151 cm³/mol. The van der Waals surface area contributed by atoms with E-state index in [1.54, 1.807) is 36.4 Å². The molecule has 40 heavy (non-hydrogen) atoms. The molecule has 3 aromatic carbocycles. The van der Waals surface area contributed by atoms with Crippen LogP contribution in [-0.4, -0.2) is 71.1 Å². The van der Waals surface area contributed by atoms with Crippen molar-refractivity contribution in [1.29, 1.82) is 0 Å². The molecule has 0 aliphatic carbocycles. The van der Waals surface area contributed by atoms with E-state index in [-0.39, 0.29) is 17.1 Å². The number of hydrogen-bond acceptors (Lipinski definition) is 7. The Morgan fingerprint density at radius 2 is 1.70 bits per heavy atom. The van der Waals surface area contributed by atoms with Gasteiger partial charge in [0.15, 0.2) is 0 Å². The fraction of sp³-hybridized carbons (Fsp3) is 0.312. The zero-order chi connectivity index (χ0) is 28.1. The second-order valence-electron chi connectivity index (χ2n) is 10.2. The molecule has 0 spiro atoms. The third-order valence-electron chi connectivity index (χ3n) is 7.34. The molecule has 2 aliphatic heterocycles. The van der Waals surface area contributed by atoms with Crippen LogP contribution >= 0.6 is 0 Å². The molecule has 208 valence electrons. The molecule has 8 nitrogen and oxygen atoms in total. The summed E-state index contributed by atoms with van der Waals surface area (Å²) in [6.45, 7) is 6.62. The average Bonchev–Trinajstić information content (AvgIpc) is 3.22. The van der Waals surface area contributed by atoms with E-state index in [2.05, 4.69) is 11.0 Å². The standard InChI is InChI=1S/C32H34N2O6/c1-22-4-2-5-23(20-22)21-40-27-12-8-25(9-13-27)30(36)28-29(24-6-10-26(35)11-7-24)34(32(38)31(28)37)15-3-14-33-16-18-39-19-17-33/h2,4-13,20,29,35-36H,3,14-19,21H2,1H3/b30-28-. The van der Waals surface area contributed by atoms with Crippen LogP contribution < -0.4 is 4.74 Å². The smallest absolute Gasteiger partial charge is 0.295 e. The van der Waals surface area contributed by atoms with Crippen molar-refractivity contribution in [2.24, 2.45) is 0 Å². The van der Waals surface area contributed by atoms with Crippen molar-refractivity contribution in [3.05, 3.63) is 101 Å². The Morgan fingerprint density at radius 3 is 2.40 bits per heavy atom. The zero-order valence-electron chi connectivity index (χ0n) is 22.6. The van der Waals surface area contributed by atoms with Gasteiger partial charge in [0.25, 0.3) is 11.7 Å². The number of ether oxygens (including phenoxy) is 2. The number of phenols is 1. The number of nitrogens with zero attached hydrogens (tertiary/aromatic N) is 2. The molecule has 2 fully saturated rings. The zero-order valence-corrected chi connectivity index (χ0v) is 22.6. The Bertz CT molecular complexity index is 1380. The van der Waals surface area contributed by atoms with Crippen LogP contribution in [0.2, 0.25) is 0 Å². The van der Waals surface area contributed by atoms with Gasteiger partial charge in [-0.1, -0.05) is 42.0 Å². The van der Waals surface area contributed by atoms with Crippen molar-refractivity contribution in [3.8, 4) is 11.5 Å². The maximum Gasteiger partial charge on any atom is 0.295 e. The second-order valence-corrected chi connectivity index (χ2v) is 10.2. The summed E-state index contributed by atoms with van der Waals surface area (Å²) in [6.07, 6.45) is 0.675. The van der Waals surface area contributed by atoms with Crippen LogP contribution in [0.25, 0.3) is 5.76 Å². The van der Waals surface area contributed by atoms with Gasteiger partial charge in [-0.05, 0) is 60.9 Å². The molecule has 1 unspecified atom stereocenters. The van der Waals surface area contributed by atoms with Gasteiger partial charge >= 0.3 is 0 Å². The molecule has 3 aromatic rings. The third kappa shape index (κ3) is 6.19. The quantitative estimate of drug-likeness (QED) is 0.235. The molecule has 0 radical (unpaired) electrons. The van der Waals surface area contributed by atoms with Crippen LogP contribution in [0.3, 0.4) is 0 Å². The first-order valence-corrected chi connectivity index (χ1v) is 13.6. The van der Waals surface area contributed by atoms with E-state index in [1.165, 1.54) is 17.0 Å². The van der Waals surface area contributed by atoms with Crippen LogP contribution in [0.15, 0.2) is 78.4 Å². The molecule has 0 saturated carbocycles. The molecule has 1 atom stereocenters. The number of amides is 1. The van der Waals surface area contributed by atoms with Crippen LogP contribution in [0, 0.1) is 6.92 Å². The van der Waals surface area contributed by atoms with Crippen molar-refractivity contribution in [2.75, 3.05) is 39.4 Å². The highest BCUT2D eigenvalue weighted by atomic mass is 16.5. The minimum Gasteiger partial charge on any atom is -0.508 e. The third-order valence-corrected chi connectivity index (χ3v) is 7.34. The van der Waals surface area contributed by atoms with E-state index < -0.39 is 17.7 Å². The summed E-state index contributed by atoms with van der Waals surface area (Å²) in [6, 6.07) is 20.5. The normalized spacial score (nSPS) is 19.2. The Kier molecular flexibility index (Phi) is 8.48. The average molecular weight is 543 g/mol. The van der Waals surface area contributed by atoms with E-state index >= 15 is 0 Å². The maximum atomic E-state index is 13.3. The van der Waals surface area contributed by atoms with Crippen LogP contribution in [0.1, 0.15) is 34.7 Å². The van der Waals surface area contributed by atoms with E-state index in [0.717, 1.165) is 30.8 Å². The molecule has 2 N–H and O–H groups in total. The van der Waals surface area contributed by atoms with Gasteiger partial charge in [-0.25, -0.2) is 0 Å². The molecule has 5 rings (SSSR count). The number of benzene rings is 3.